The van der Waals surface area contributed by atoms with Gasteiger partial charge in [-0.3, -0.25) is 4.99 Å². The van der Waals surface area contributed by atoms with E-state index in [0.717, 1.165) is 19.0 Å². The highest BCUT2D eigenvalue weighted by atomic mass is 15.2. The molecule has 0 saturated heterocycles. The summed E-state index contributed by atoms with van der Waals surface area (Å²) < 4.78 is 0. The van der Waals surface area contributed by atoms with Crippen molar-refractivity contribution in [3.8, 4) is 0 Å². The van der Waals surface area contributed by atoms with Crippen LogP contribution in [0.15, 0.2) is 4.99 Å². The summed E-state index contributed by atoms with van der Waals surface area (Å²) in [6.07, 6.45) is 2.02. The normalized spacial score (nSPS) is 23.2. The highest BCUT2D eigenvalue weighted by Gasteiger charge is 2.23. The van der Waals surface area contributed by atoms with E-state index in [1.165, 1.54) is 0 Å². The minimum absolute atomic E-state index is 0.646. The molecule has 0 aromatic carbocycles. The van der Waals surface area contributed by atoms with E-state index in [-0.39, 0.29) is 0 Å². The van der Waals surface area contributed by atoms with Crippen molar-refractivity contribution >= 4 is 6.34 Å². The Kier molecular flexibility index (Phi) is 3.12. The first-order chi connectivity index (χ1) is 5.61. The Morgan fingerprint density at radius 2 is 2.08 bits per heavy atom. The SMILES string of the molecule is CC(C)CN1C=NC[C@@H]1C(C)C. The van der Waals surface area contributed by atoms with Gasteiger partial charge in [0.25, 0.3) is 0 Å². The molecule has 0 amide bonds. The summed E-state index contributed by atoms with van der Waals surface area (Å²) in [6.45, 7) is 11.2. The summed E-state index contributed by atoms with van der Waals surface area (Å²) in [5, 5.41) is 0. The fraction of sp³-hybridized carbons (Fsp3) is 0.900. The summed E-state index contributed by atoms with van der Waals surface area (Å²) >= 11 is 0. The number of nitrogens with zero attached hydrogens (tertiary/aromatic N) is 2. The van der Waals surface area contributed by atoms with Crippen LogP contribution in [-0.4, -0.2) is 30.4 Å². The van der Waals surface area contributed by atoms with Gasteiger partial charge in [0.15, 0.2) is 0 Å². The van der Waals surface area contributed by atoms with Gasteiger partial charge in [0.1, 0.15) is 0 Å². The summed E-state index contributed by atoms with van der Waals surface area (Å²) in [5.41, 5.74) is 0. The van der Waals surface area contributed by atoms with E-state index in [1.807, 2.05) is 6.34 Å². The van der Waals surface area contributed by atoms with Crippen LogP contribution in [0, 0.1) is 11.8 Å². The van der Waals surface area contributed by atoms with Crippen LogP contribution >= 0.6 is 0 Å². The Morgan fingerprint density at radius 1 is 1.42 bits per heavy atom. The molecule has 0 N–H and O–H groups in total. The van der Waals surface area contributed by atoms with Crippen molar-refractivity contribution in [1.29, 1.82) is 0 Å². The van der Waals surface area contributed by atoms with Gasteiger partial charge < -0.3 is 4.90 Å². The molecule has 1 heterocycles. The van der Waals surface area contributed by atoms with Gasteiger partial charge in [-0.1, -0.05) is 27.7 Å². The van der Waals surface area contributed by atoms with Crippen LogP contribution in [0.5, 0.6) is 0 Å². The molecule has 0 aromatic heterocycles. The van der Waals surface area contributed by atoms with E-state index in [4.69, 9.17) is 0 Å². The number of hydrogen-bond donors (Lipinski definition) is 0. The van der Waals surface area contributed by atoms with Gasteiger partial charge in [0.05, 0.1) is 18.9 Å². The molecule has 0 bridgehead atoms. The van der Waals surface area contributed by atoms with Crippen molar-refractivity contribution in [2.24, 2.45) is 16.8 Å². The monoisotopic (exact) mass is 168 g/mol. The third-order valence-electron chi connectivity index (χ3n) is 2.29. The Morgan fingerprint density at radius 3 is 2.58 bits per heavy atom. The zero-order valence-electron chi connectivity index (χ0n) is 8.62. The molecule has 70 valence electrons. The second-order valence-corrected chi connectivity index (χ2v) is 4.38. The van der Waals surface area contributed by atoms with Crippen molar-refractivity contribution < 1.29 is 0 Å². The van der Waals surface area contributed by atoms with Crippen LogP contribution in [0.2, 0.25) is 0 Å². The van der Waals surface area contributed by atoms with E-state index in [9.17, 15) is 0 Å². The zero-order chi connectivity index (χ0) is 9.14. The van der Waals surface area contributed by atoms with Crippen molar-refractivity contribution in [2.75, 3.05) is 13.1 Å². The van der Waals surface area contributed by atoms with Crippen LogP contribution in [-0.2, 0) is 0 Å². The Hall–Kier alpha value is -0.530. The minimum Gasteiger partial charge on any atom is -0.358 e. The number of rotatable bonds is 3. The molecule has 0 fully saturated rings. The van der Waals surface area contributed by atoms with Gasteiger partial charge in [-0.15, -0.1) is 0 Å². The highest BCUT2D eigenvalue weighted by molar-refractivity contribution is 5.58. The summed E-state index contributed by atoms with van der Waals surface area (Å²) in [5.74, 6) is 1.45. The van der Waals surface area contributed by atoms with E-state index < -0.39 is 0 Å². The van der Waals surface area contributed by atoms with Gasteiger partial charge in [0, 0.05) is 6.54 Å². The predicted octanol–water partition coefficient (Wildman–Crippen LogP) is 2.01. The lowest BCUT2D eigenvalue weighted by Crippen LogP contribution is -2.37. The van der Waals surface area contributed by atoms with Gasteiger partial charge >= 0.3 is 0 Å². The number of hydrogen-bond acceptors (Lipinski definition) is 2. The maximum atomic E-state index is 4.32. The summed E-state index contributed by atoms with van der Waals surface area (Å²) in [6, 6.07) is 0.646. The lowest BCUT2D eigenvalue weighted by Gasteiger charge is -2.28. The highest BCUT2D eigenvalue weighted by Crippen LogP contribution is 2.15. The first kappa shape index (κ1) is 9.56. The predicted molar refractivity (Wildman–Crippen MR) is 53.5 cm³/mol. The fourth-order valence-electron chi connectivity index (χ4n) is 1.65. The molecule has 0 unspecified atom stereocenters. The average Bonchev–Trinajstić information content (AvgIpc) is 2.33. The van der Waals surface area contributed by atoms with Gasteiger partial charge in [-0.25, -0.2) is 0 Å². The number of aliphatic imine (C=N–C) groups is 1. The second-order valence-electron chi connectivity index (χ2n) is 4.38. The van der Waals surface area contributed by atoms with Gasteiger partial charge in [-0.05, 0) is 11.8 Å². The molecular weight excluding hydrogens is 148 g/mol. The molecule has 1 aliphatic rings. The maximum absolute atomic E-state index is 4.32. The molecule has 2 nitrogen and oxygen atoms in total. The van der Waals surface area contributed by atoms with Gasteiger partial charge in [0.2, 0.25) is 0 Å². The van der Waals surface area contributed by atoms with Crippen LogP contribution < -0.4 is 0 Å². The summed E-state index contributed by atoms with van der Waals surface area (Å²) in [4.78, 5) is 6.71. The molecule has 0 radical (unpaired) electrons. The quantitative estimate of drug-likeness (QED) is 0.629. The van der Waals surface area contributed by atoms with Crippen molar-refractivity contribution in [3.05, 3.63) is 0 Å². The van der Waals surface area contributed by atoms with Crippen molar-refractivity contribution in [3.63, 3.8) is 0 Å². The second kappa shape index (κ2) is 3.92. The molecular formula is C10H20N2. The third-order valence-corrected chi connectivity index (χ3v) is 2.29. The smallest absolute Gasteiger partial charge is 0.0854 e. The molecule has 1 rings (SSSR count). The Labute approximate surface area is 75.7 Å². The summed E-state index contributed by atoms with van der Waals surface area (Å²) in [7, 11) is 0. The first-order valence-electron chi connectivity index (χ1n) is 4.87. The minimum atomic E-state index is 0.646. The molecule has 12 heavy (non-hydrogen) atoms. The van der Waals surface area contributed by atoms with Crippen LogP contribution in [0.25, 0.3) is 0 Å². The average molecular weight is 168 g/mol. The van der Waals surface area contributed by atoms with Crippen molar-refractivity contribution in [1.82, 2.24) is 4.90 Å². The van der Waals surface area contributed by atoms with E-state index in [1.54, 1.807) is 0 Å². The van der Waals surface area contributed by atoms with E-state index >= 15 is 0 Å². The standard InChI is InChI=1S/C10H20N2/c1-8(2)6-12-7-11-5-10(12)9(3)4/h7-10H,5-6H2,1-4H3/t10-/m1/s1. The third kappa shape index (κ3) is 2.23. The fourth-order valence-corrected chi connectivity index (χ4v) is 1.65. The molecule has 1 aliphatic heterocycles. The molecule has 2 heteroatoms. The maximum Gasteiger partial charge on any atom is 0.0854 e. The van der Waals surface area contributed by atoms with Crippen molar-refractivity contribution in [2.45, 2.75) is 33.7 Å². The molecule has 0 spiro atoms. The molecule has 1 atom stereocenters. The van der Waals surface area contributed by atoms with E-state index in [2.05, 4.69) is 37.6 Å². The van der Waals surface area contributed by atoms with Gasteiger partial charge in [-0.2, -0.15) is 0 Å². The van der Waals surface area contributed by atoms with Crippen LogP contribution in [0.3, 0.4) is 0 Å². The first-order valence-corrected chi connectivity index (χ1v) is 4.87. The topological polar surface area (TPSA) is 15.6 Å². The zero-order valence-corrected chi connectivity index (χ0v) is 8.62. The van der Waals surface area contributed by atoms with Crippen LogP contribution in [0.1, 0.15) is 27.7 Å². The Bertz CT molecular complexity index is 161. The molecule has 0 saturated carbocycles. The molecule has 0 aromatic rings. The Balaban J connectivity index is 2.45. The van der Waals surface area contributed by atoms with Crippen LogP contribution in [0.4, 0.5) is 0 Å². The van der Waals surface area contributed by atoms with E-state index in [0.29, 0.717) is 12.0 Å². The lowest BCUT2D eigenvalue weighted by atomic mass is 10.0. The molecule has 0 aliphatic carbocycles. The lowest BCUT2D eigenvalue weighted by molar-refractivity contribution is 0.258. The largest absolute Gasteiger partial charge is 0.358 e.